The standard InChI is InChI=1S/C29H40N8O2/c1-9-25(38)33-21-17-22(28(39-8)34-27(21)36(7)15-14-35(5)6)32-24-16-20(12-13-30-24)37-18-29(3,4)26-23(37)11-10-19(2)31-26/h9-13,16-17,25,33,38H,1,14-15,18H2,2-8H3,(H,30,32). The van der Waals surface area contributed by atoms with Crippen LogP contribution in [0.4, 0.5) is 34.4 Å². The Hall–Kier alpha value is -3.89. The van der Waals surface area contributed by atoms with Gasteiger partial charge in [0.05, 0.1) is 24.2 Å². The molecule has 0 aliphatic carbocycles. The fraction of sp³-hybridized carbons (Fsp3) is 0.414. The molecule has 39 heavy (non-hydrogen) atoms. The van der Waals surface area contributed by atoms with Crippen LogP contribution in [-0.2, 0) is 5.41 Å². The maximum absolute atomic E-state index is 10.3. The minimum Gasteiger partial charge on any atom is -0.479 e. The molecule has 0 radical (unpaired) electrons. The first kappa shape index (κ1) is 28.1. The smallest absolute Gasteiger partial charge is 0.239 e. The van der Waals surface area contributed by atoms with Crippen molar-refractivity contribution in [1.29, 1.82) is 0 Å². The highest BCUT2D eigenvalue weighted by Crippen LogP contribution is 2.44. The predicted molar refractivity (Wildman–Crippen MR) is 159 cm³/mol. The molecule has 0 fully saturated rings. The summed E-state index contributed by atoms with van der Waals surface area (Å²) in [4.78, 5) is 20.6. The minimum atomic E-state index is -0.939. The molecule has 0 saturated carbocycles. The topological polar surface area (TPSA) is 102 Å². The van der Waals surface area contributed by atoms with Gasteiger partial charge in [-0.2, -0.15) is 4.98 Å². The number of methoxy groups -OCH3 is 1. The fourth-order valence-electron chi connectivity index (χ4n) is 4.65. The average Bonchev–Trinajstić information content (AvgIpc) is 3.17. The molecule has 1 unspecified atom stereocenters. The van der Waals surface area contributed by atoms with Gasteiger partial charge in [0.1, 0.15) is 17.7 Å². The normalized spacial score (nSPS) is 14.6. The van der Waals surface area contributed by atoms with Gasteiger partial charge in [0.25, 0.3) is 0 Å². The molecule has 3 aromatic rings. The van der Waals surface area contributed by atoms with E-state index in [9.17, 15) is 5.11 Å². The Balaban J connectivity index is 1.67. The molecular weight excluding hydrogens is 492 g/mol. The number of aliphatic hydroxyl groups is 1. The van der Waals surface area contributed by atoms with Gasteiger partial charge in [-0.15, -0.1) is 0 Å². The van der Waals surface area contributed by atoms with Gasteiger partial charge in [0, 0.05) is 55.7 Å². The summed E-state index contributed by atoms with van der Waals surface area (Å²) in [6.45, 7) is 12.5. The summed E-state index contributed by atoms with van der Waals surface area (Å²) >= 11 is 0. The molecule has 0 saturated heterocycles. The lowest BCUT2D eigenvalue weighted by Crippen LogP contribution is -2.30. The van der Waals surface area contributed by atoms with Crippen molar-refractivity contribution in [3.8, 4) is 5.88 Å². The highest BCUT2D eigenvalue weighted by molar-refractivity contribution is 5.78. The Labute approximate surface area is 231 Å². The summed E-state index contributed by atoms with van der Waals surface area (Å²) in [6.07, 6.45) is 2.28. The Morgan fingerprint density at radius 1 is 1.15 bits per heavy atom. The van der Waals surface area contributed by atoms with E-state index in [0.717, 1.165) is 42.4 Å². The van der Waals surface area contributed by atoms with Gasteiger partial charge >= 0.3 is 0 Å². The third-order valence-corrected chi connectivity index (χ3v) is 6.75. The van der Waals surface area contributed by atoms with Crippen molar-refractivity contribution in [1.82, 2.24) is 19.9 Å². The number of aromatic nitrogens is 3. The summed E-state index contributed by atoms with van der Waals surface area (Å²) in [7, 11) is 7.59. The van der Waals surface area contributed by atoms with Gasteiger partial charge < -0.3 is 35.2 Å². The van der Waals surface area contributed by atoms with Crippen LogP contribution < -0.4 is 25.2 Å². The Morgan fingerprint density at radius 2 is 1.92 bits per heavy atom. The molecular formula is C29H40N8O2. The van der Waals surface area contributed by atoms with E-state index < -0.39 is 6.23 Å². The van der Waals surface area contributed by atoms with Gasteiger partial charge in [-0.25, -0.2) is 4.98 Å². The van der Waals surface area contributed by atoms with Crippen LogP contribution in [0.3, 0.4) is 0 Å². The van der Waals surface area contributed by atoms with Gasteiger partial charge in [-0.3, -0.25) is 4.98 Å². The molecule has 0 bridgehead atoms. The summed E-state index contributed by atoms with van der Waals surface area (Å²) < 4.78 is 5.67. The number of aliphatic hydroxyl groups excluding tert-OH is 1. The largest absolute Gasteiger partial charge is 0.479 e. The van der Waals surface area contributed by atoms with Crippen molar-refractivity contribution in [2.75, 3.05) is 68.3 Å². The van der Waals surface area contributed by atoms with Gasteiger partial charge in [-0.05, 0) is 51.4 Å². The fourth-order valence-corrected chi connectivity index (χ4v) is 4.65. The molecule has 4 heterocycles. The van der Waals surface area contributed by atoms with Crippen LogP contribution in [0, 0.1) is 6.92 Å². The van der Waals surface area contributed by atoms with Crippen LogP contribution in [0.25, 0.3) is 0 Å². The number of hydrogen-bond acceptors (Lipinski definition) is 10. The monoisotopic (exact) mass is 532 g/mol. The lowest BCUT2D eigenvalue weighted by Gasteiger charge is -2.26. The first-order valence-electron chi connectivity index (χ1n) is 13.0. The molecule has 10 heteroatoms. The van der Waals surface area contributed by atoms with Gasteiger partial charge in [-0.1, -0.05) is 20.4 Å². The lowest BCUT2D eigenvalue weighted by atomic mass is 9.91. The number of rotatable bonds is 11. The molecule has 4 rings (SSSR count). The first-order valence-corrected chi connectivity index (χ1v) is 13.0. The highest BCUT2D eigenvalue weighted by atomic mass is 16.5. The van der Waals surface area contributed by atoms with E-state index in [1.165, 1.54) is 6.08 Å². The van der Waals surface area contributed by atoms with Crippen molar-refractivity contribution in [2.24, 2.45) is 0 Å². The van der Waals surface area contributed by atoms with Crippen molar-refractivity contribution in [2.45, 2.75) is 32.4 Å². The lowest BCUT2D eigenvalue weighted by molar-refractivity contribution is 0.253. The minimum absolute atomic E-state index is 0.0770. The zero-order valence-corrected chi connectivity index (χ0v) is 24.0. The molecule has 10 nitrogen and oxygen atoms in total. The molecule has 0 aromatic carbocycles. The van der Waals surface area contributed by atoms with E-state index in [1.54, 1.807) is 13.3 Å². The molecule has 208 valence electrons. The van der Waals surface area contributed by atoms with Crippen LogP contribution in [0.1, 0.15) is 25.2 Å². The number of anilines is 6. The maximum atomic E-state index is 10.3. The van der Waals surface area contributed by atoms with Gasteiger partial charge in [0.15, 0.2) is 5.82 Å². The second-order valence-electron chi connectivity index (χ2n) is 10.8. The zero-order valence-electron chi connectivity index (χ0n) is 24.0. The Morgan fingerprint density at radius 3 is 2.62 bits per heavy atom. The Kier molecular flexibility index (Phi) is 8.27. The number of nitrogens with one attached hydrogen (secondary N) is 2. The molecule has 1 atom stereocenters. The number of ether oxygens (including phenoxy) is 1. The molecule has 3 aromatic heterocycles. The van der Waals surface area contributed by atoms with Crippen LogP contribution >= 0.6 is 0 Å². The molecule has 3 N–H and O–H groups in total. The van der Waals surface area contributed by atoms with Crippen LogP contribution in [0.15, 0.2) is 49.2 Å². The van der Waals surface area contributed by atoms with E-state index in [4.69, 9.17) is 14.7 Å². The first-order chi connectivity index (χ1) is 18.5. The molecule has 1 aliphatic rings. The van der Waals surface area contributed by atoms with Crippen molar-refractivity contribution >= 4 is 34.4 Å². The van der Waals surface area contributed by atoms with E-state index >= 15 is 0 Å². The van der Waals surface area contributed by atoms with Crippen molar-refractivity contribution in [3.05, 3.63) is 60.6 Å². The van der Waals surface area contributed by atoms with Crippen LogP contribution in [0.2, 0.25) is 0 Å². The predicted octanol–water partition coefficient (Wildman–Crippen LogP) is 4.28. The number of nitrogens with zero attached hydrogens (tertiary/aromatic N) is 6. The van der Waals surface area contributed by atoms with E-state index in [-0.39, 0.29) is 5.41 Å². The van der Waals surface area contributed by atoms with Crippen LogP contribution in [-0.4, -0.2) is 79.1 Å². The maximum Gasteiger partial charge on any atom is 0.239 e. The van der Waals surface area contributed by atoms with E-state index in [0.29, 0.717) is 28.9 Å². The number of likely N-dealkylation sites (N-methyl/N-ethyl adjacent to an activating group) is 2. The Bertz CT molecular complexity index is 1330. The van der Waals surface area contributed by atoms with Gasteiger partial charge in [0.2, 0.25) is 5.88 Å². The third-order valence-electron chi connectivity index (χ3n) is 6.75. The quantitative estimate of drug-likeness (QED) is 0.245. The number of fused-ring (bicyclic) bond motifs is 1. The molecule has 0 amide bonds. The summed E-state index contributed by atoms with van der Waals surface area (Å²) in [5.74, 6) is 1.71. The van der Waals surface area contributed by atoms with Crippen molar-refractivity contribution < 1.29 is 9.84 Å². The van der Waals surface area contributed by atoms with Crippen LogP contribution in [0.5, 0.6) is 5.88 Å². The number of pyridine rings is 3. The molecule has 1 aliphatic heterocycles. The number of hydrogen-bond donors (Lipinski definition) is 3. The summed E-state index contributed by atoms with van der Waals surface area (Å²) in [6, 6.07) is 10.1. The summed E-state index contributed by atoms with van der Waals surface area (Å²) in [5.41, 5.74) is 5.42. The van der Waals surface area contributed by atoms with E-state index in [2.05, 4.69) is 51.9 Å². The molecule has 0 spiro atoms. The number of aryl methyl sites for hydroxylation is 1. The van der Waals surface area contributed by atoms with Crippen molar-refractivity contribution in [3.63, 3.8) is 0 Å². The highest BCUT2D eigenvalue weighted by Gasteiger charge is 2.37. The summed E-state index contributed by atoms with van der Waals surface area (Å²) in [5, 5.41) is 16.7. The zero-order chi connectivity index (χ0) is 28.3. The van der Waals surface area contributed by atoms with E-state index in [1.807, 2.05) is 57.2 Å². The second-order valence-corrected chi connectivity index (χ2v) is 10.8. The second kappa shape index (κ2) is 11.5. The third kappa shape index (κ3) is 6.23. The average molecular weight is 533 g/mol. The SMILES string of the molecule is C=CC(O)Nc1cc(Nc2cc(N3CC(C)(C)c4nc(C)ccc43)ccn2)c(OC)nc1N(C)CCN(C)C.